The van der Waals surface area contributed by atoms with Crippen molar-refractivity contribution in [2.45, 2.75) is 37.8 Å². The molecular weight excluding hydrogens is 554 g/mol. The first-order valence-corrected chi connectivity index (χ1v) is 14.7. The SMILES string of the molecule is O=C(N[C@@H](Cc1ccccc1)C(=O)NCCCCNC(=O)[C@H](Cc1ccccc1)NC(=O)c1ccncc1)c1ccccc1. The van der Waals surface area contributed by atoms with Crippen LogP contribution in [-0.2, 0) is 22.4 Å². The molecule has 0 spiro atoms. The van der Waals surface area contributed by atoms with E-state index < -0.39 is 12.1 Å². The zero-order chi connectivity index (χ0) is 31.0. The van der Waals surface area contributed by atoms with Crippen LogP contribution >= 0.6 is 0 Å². The molecule has 44 heavy (non-hydrogen) atoms. The molecule has 4 N–H and O–H groups in total. The van der Waals surface area contributed by atoms with Gasteiger partial charge in [0.2, 0.25) is 11.8 Å². The Balaban J connectivity index is 1.26. The molecule has 9 heteroatoms. The van der Waals surface area contributed by atoms with Gasteiger partial charge in [0.15, 0.2) is 0 Å². The van der Waals surface area contributed by atoms with Crippen LogP contribution in [0.1, 0.15) is 44.7 Å². The number of rotatable bonds is 15. The number of nitrogens with one attached hydrogen (secondary N) is 4. The van der Waals surface area contributed by atoms with Crippen molar-refractivity contribution < 1.29 is 19.2 Å². The largest absolute Gasteiger partial charge is 0.354 e. The van der Waals surface area contributed by atoms with Gasteiger partial charge in [-0.2, -0.15) is 0 Å². The van der Waals surface area contributed by atoms with Crippen LogP contribution in [0.2, 0.25) is 0 Å². The van der Waals surface area contributed by atoms with E-state index in [4.69, 9.17) is 0 Å². The monoisotopic (exact) mass is 591 g/mol. The molecule has 0 bridgehead atoms. The summed E-state index contributed by atoms with van der Waals surface area (Å²) in [6, 6.07) is 29.5. The van der Waals surface area contributed by atoms with Gasteiger partial charge in [0, 0.05) is 49.5 Å². The maximum atomic E-state index is 13.1. The van der Waals surface area contributed by atoms with E-state index in [0.29, 0.717) is 49.9 Å². The van der Waals surface area contributed by atoms with Gasteiger partial charge in [-0.1, -0.05) is 78.9 Å². The van der Waals surface area contributed by atoms with Crippen molar-refractivity contribution in [2.75, 3.05) is 13.1 Å². The van der Waals surface area contributed by atoms with E-state index >= 15 is 0 Å². The van der Waals surface area contributed by atoms with Crippen LogP contribution in [-0.4, -0.2) is 53.8 Å². The fraction of sp³-hybridized carbons (Fsp3) is 0.229. The second kappa shape index (κ2) is 17.0. The summed E-state index contributed by atoms with van der Waals surface area (Å²) in [5, 5.41) is 11.5. The summed E-state index contributed by atoms with van der Waals surface area (Å²) in [6.45, 7) is 0.761. The second-order valence-electron chi connectivity index (χ2n) is 10.3. The maximum Gasteiger partial charge on any atom is 0.252 e. The zero-order valence-electron chi connectivity index (χ0n) is 24.4. The van der Waals surface area contributed by atoms with E-state index in [1.165, 1.54) is 12.4 Å². The average molecular weight is 592 g/mol. The number of pyridine rings is 1. The van der Waals surface area contributed by atoms with Crippen LogP contribution < -0.4 is 21.3 Å². The Kier molecular flexibility index (Phi) is 12.2. The molecule has 4 rings (SSSR count). The minimum absolute atomic E-state index is 0.274. The van der Waals surface area contributed by atoms with Crippen LogP contribution in [0.15, 0.2) is 116 Å². The summed E-state index contributed by atoms with van der Waals surface area (Å²) in [5.74, 6) is -1.23. The molecule has 0 unspecified atom stereocenters. The minimum atomic E-state index is -0.760. The van der Waals surface area contributed by atoms with Gasteiger partial charge in [0.25, 0.3) is 11.8 Å². The van der Waals surface area contributed by atoms with Gasteiger partial charge in [-0.15, -0.1) is 0 Å². The third kappa shape index (κ3) is 10.2. The number of benzene rings is 3. The maximum absolute atomic E-state index is 13.1. The Morgan fingerprint density at radius 2 is 0.909 bits per heavy atom. The van der Waals surface area contributed by atoms with Gasteiger partial charge in [-0.05, 0) is 48.2 Å². The molecule has 0 saturated heterocycles. The smallest absolute Gasteiger partial charge is 0.252 e. The molecule has 3 aromatic carbocycles. The molecule has 0 saturated carbocycles. The van der Waals surface area contributed by atoms with Gasteiger partial charge in [0.1, 0.15) is 12.1 Å². The predicted molar refractivity (Wildman–Crippen MR) is 169 cm³/mol. The van der Waals surface area contributed by atoms with Crippen molar-refractivity contribution in [1.82, 2.24) is 26.3 Å². The van der Waals surface area contributed by atoms with Gasteiger partial charge in [-0.25, -0.2) is 0 Å². The van der Waals surface area contributed by atoms with Gasteiger partial charge >= 0.3 is 0 Å². The summed E-state index contributed by atoms with van der Waals surface area (Å²) < 4.78 is 0. The molecule has 0 radical (unpaired) electrons. The number of amides is 4. The summed E-state index contributed by atoms with van der Waals surface area (Å²) >= 11 is 0. The highest BCUT2D eigenvalue weighted by atomic mass is 16.2. The molecule has 0 aliphatic carbocycles. The van der Waals surface area contributed by atoms with Crippen LogP contribution in [0, 0.1) is 0 Å². The molecule has 2 atom stereocenters. The van der Waals surface area contributed by atoms with Crippen LogP contribution in [0.5, 0.6) is 0 Å². The lowest BCUT2D eigenvalue weighted by atomic mass is 10.0. The fourth-order valence-corrected chi connectivity index (χ4v) is 4.61. The number of aromatic nitrogens is 1. The van der Waals surface area contributed by atoms with E-state index in [2.05, 4.69) is 26.3 Å². The van der Waals surface area contributed by atoms with Crippen molar-refractivity contribution in [3.05, 3.63) is 138 Å². The highest BCUT2D eigenvalue weighted by molar-refractivity contribution is 5.98. The minimum Gasteiger partial charge on any atom is -0.354 e. The topological polar surface area (TPSA) is 129 Å². The first-order valence-electron chi connectivity index (χ1n) is 14.7. The summed E-state index contributed by atoms with van der Waals surface area (Å²) in [6.07, 6.45) is 4.99. The van der Waals surface area contributed by atoms with Gasteiger partial charge in [0.05, 0.1) is 0 Å². The normalized spacial score (nSPS) is 11.9. The van der Waals surface area contributed by atoms with Crippen LogP contribution in [0.25, 0.3) is 0 Å². The molecule has 4 aromatic rings. The first-order chi connectivity index (χ1) is 21.5. The third-order valence-electron chi connectivity index (χ3n) is 6.99. The number of carbonyl (C=O) groups is 4. The molecule has 0 fully saturated rings. The number of nitrogens with zero attached hydrogens (tertiary/aromatic N) is 1. The van der Waals surface area contributed by atoms with Crippen molar-refractivity contribution in [1.29, 1.82) is 0 Å². The highest BCUT2D eigenvalue weighted by Gasteiger charge is 2.23. The van der Waals surface area contributed by atoms with E-state index in [9.17, 15) is 19.2 Å². The summed E-state index contributed by atoms with van der Waals surface area (Å²) in [7, 11) is 0. The molecule has 4 amide bonds. The van der Waals surface area contributed by atoms with Crippen molar-refractivity contribution >= 4 is 23.6 Å². The quantitative estimate of drug-likeness (QED) is 0.157. The Morgan fingerprint density at radius 3 is 1.34 bits per heavy atom. The molecule has 1 aromatic heterocycles. The molecule has 0 aliphatic heterocycles. The van der Waals surface area contributed by atoms with Crippen molar-refractivity contribution in [3.63, 3.8) is 0 Å². The first kappa shape index (κ1) is 31.6. The lowest BCUT2D eigenvalue weighted by Gasteiger charge is -2.19. The second-order valence-corrected chi connectivity index (χ2v) is 10.3. The van der Waals surface area contributed by atoms with Gasteiger partial charge < -0.3 is 21.3 Å². The van der Waals surface area contributed by atoms with E-state index in [1.54, 1.807) is 36.4 Å². The van der Waals surface area contributed by atoms with Crippen molar-refractivity contribution in [3.8, 4) is 0 Å². The summed E-state index contributed by atoms with van der Waals surface area (Å²) in [4.78, 5) is 55.7. The average Bonchev–Trinajstić information content (AvgIpc) is 3.07. The number of hydrogen-bond acceptors (Lipinski definition) is 5. The van der Waals surface area contributed by atoms with E-state index in [0.717, 1.165) is 11.1 Å². The lowest BCUT2D eigenvalue weighted by molar-refractivity contribution is -0.123. The standard InChI is InChI=1S/C35H37N5O4/c41-32(28-16-8-3-9-17-28)39-30(24-26-12-4-1-5-13-26)34(43)37-20-10-11-21-38-35(44)31(25-27-14-6-2-7-15-27)40-33(42)29-18-22-36-23-19-29/h1-9,12-19,22-23,30-31H,10-11,20-21,24-25H2,(H,37,43)(H,38,44)(H,39,41)(H,40,42)/t30-,31-/m0/s1. The van der Waals surface area contributed by atoms with Crippen LogP contribution in [0.4, 0.5) is 0 Å². The third-order valence-corrected chi connectivity index (χ3v) is 6.99. The Morgan fingerprint density at radius 1 is 0.523 bits per heavy atom. The predicted octanol–water partition coefficient (Wildman–Crippen LogP) is 3.48. The number of carbonyl (C=O) groups excluding carboxylic acids is 4. The van der Waals surface area contributed by atoms with Crippen molar-refractivity contribution in [2.24, 2.45) is 0 Å². The molecule has 1 heterocycles. The lowest BCUT2D eigenvalue weighted by Crippen LogP contribution is -2.48. The molecule has 9 nitrogen and oxygen atoms in total. The van der Waals surface area contributed by atoms with E-state index in [-0.39, 0.29) is 23.6 Å². The Labute approximate surface area is 257 Å². The molecular formula is C35H37N5O4. The molecule has 226 valence electrons. The number of unbranched alkanes of at least 4 members (excludes halogenated alkanes) is 1. The highest BCUT2D eigenvalue weighted by Crippen LogP contribution is 2.07. The van der Waals surface area contributed by atoms with Gasteiger partial charge in [-0.3, -0.25) is 24.2 Å². The zero-order valence-corrected chi connectivity index (χ0v) is 24.4. The summed E-state index contributed by atoms with van der Waals surface area (Å²) in [5.41, 5.74) is 2.77. The van der Waals surface area contributed by atoms with E-state index in [1.807, 2.05) is 66.7 Å². The Hall–Kier alpha value is -5.31. The number of hydrogen-bond donors (Lipinski definition) is 4. The van der Waals surface area contributed by atoms with Crippen LogP contribution in [0.3, 0.4) is 0 Å². The fourth-order valence-electron chi connectivity index (χ4n) is 4.61. The Bertz CT molecular complexity index is 1370. The molecule has 0 aliphatic rings.